The van der Waals surface area contributed by atoms with Gasteiger partial charge in [0, 0.05) is 24.4 Å². The lowest BCUT2D eigenvalue weighted by Gasteiger charge is -2.23. The second-order valence-electron chi connectivity index (χ2n) is 4.45. The van der Waals surface area contributed by atoms with Gasteiger partial charge in [0.2, 0.25) is 0 Å². The quantitative estimate of drug-likeness (QED) is 0.747. The van der Waals surface area contributed by atoms with Crippen LogP contribution in [0.2, 0.25) is 0 Å². The summed E-state index contributed by atoms with van der Waals surface area (Å²) in [6, 6.07) is 0.328. The first kappa shape index (κ1) is 11.9. The van der Waals surface area contributed by atoms with E-state index in [0.717, 1.165) is 12.2 Å². The number of nitrogens with zero attached hydrogens (tertiary/aromatic N) is 3. The van der Waals surface area contributed by atoms with Crippen LogP contribution in [0, 0.1) is 5.41 Å². The summed E-state index contributed by atoms with van der Waals surface area (Å²) in [5.41, 5.74) is 5.63. The molecule has 2 N–H and O–H groups in total. The Labute approximate surface area is 91.2 Å². The topological polar surface area (TPSA) is 56.7 Å². The van der Waals surface area contributed by atoms with Gasteiger partial charge >= 0.3 is 0 Å². The number of hydrogen-bond acceptors (Lipinski definition) is 3. The second-order valence-corrected chi connectivity index (χ2v) is 4.45. The zero-order chi connectivity index (χ0) is 11.5. The van der Waals surface area contributed by atoms with Gasteiger partial charge in [-0.3, -0.25) is 0 Å². The van der Waals surface area contributed by atoms with Gasteiger partial charge in [0.1, 0.15) is 12.2 Å². The smallest absolute Gasteiger partial charge is 0.138 e. The van der Waals surface area contributed by atoms with E-state index in [1.807, 2.05) is 10.8 Å². The standard InChI is InChI=1S/C11H20N4/c1-5-11(4,7-12)6-10-13-8-14-15(10)9(2)3/h5,8-9H,1,6-7,12H2,2-4H3. The van der Waals surface area contributed by atoms with Crippen LogP contribution in [0.1, 0.15) is 32.6 Å². The zero-order valence-electron chi connectivity index (χ0n) is 9.77. The minimum Gasteiger partial charge on any atom is -0.330 e. The number of rotatable bonds is 5. The van der Waals surface area contributed by atoms with Gasteiger partial charge in [-0.25, -0.2) is 9.67 Å². The molecule has 1 aromatic rings. The Morgan fingerprint density at radius 3 is 2.80 bits per heavy atom. The molecule has 0 aliphatic rings. The Morgan fingerprint density at radius 1 is 1.67 bits per heavy atom. The summed E-state index contributed by atoms with van der Waals surface area (Å²) < 4.78 is 1.93. The van der Waals surface area contributed by atoms with Crippen molar-refractivity contribution in [3.63, 3.8) is 0 Å². The van der Waals surface area contributed by atoms with E-state index >= 15 is 0 Å². The maximum atomic E-state index is 5.73. The summed E-state index contributed by atoms with van der Waals surface area (Å²) in [6.07, 6.45) is 4.27. The van der Waals surface area contributed by atoms with Crippen molar-refractivity contribution in [3.8, 4) is 0 Å². The molecule has 0 saturated heterocycles. The van der Waals surface area contributed by atoms with Crippen molar-refractivity contribution in [1.82, 2.24) is 14.8 Å². The molecule has 0 bridgehead atoms. The van der Waals surface area contributed by atoms with Gasteiger partial charge in [-0.2, -0.15) is 5.10 Å². The number of aromatic nitrogens is 3. The van der Waals surface area contributed by atoms with E-state index in [1.165, 1.54) is 0 Å². The molecule has 4 nitrogen and oxygen atoms in total. The van der Waals surface area contributed by atoms with Crippen molar-refractivity contribution in [2.75, 3.05) is 6.54 Å². The molecule has 15 heavy (non-hydrogen) atoms. The van der Waals surface area contributed by atoms with Crippen LogP contribution in [0.3, 0.4) is 0 Å². The highest BCUT2D eigenvalue weighted by Crippen LogP contribution is 2.22. The van der Waals surface area contributed by atoms with Crippen LogP contribution in [0.25, 0.3) is 0 Å². The van der Waals surface area contributed by atoms with Gasteiger partial charge in [0.05, 0.1) is 0 Å². The van der Waals surface area contributed by atoms with Crippen molar-refractivity contribution < 1.29 is 0 Å². The molecule has 1 rings (SSSR count). The third-order valence-electron chi connectivity index (χ3n) is 2.66. The largest absolute Gasteiger partial charge is 0.330 e. The molecule has 1 heterocycles. The van der Waals surface area contributed by atoms with Gasteiger partial charge in [-0.15, -0.1) is 6.58 Å². The Balaban J connectivity index is 2.88. The zero-order valence-corrected chi connectivity index (χ0v) is 9.77. The van der Waals surface area contributed by atoms with Gasteiger partial charge in [0.15, 0.2) is 0 Å². The fourth-order valence-electron chi connectivity index (χ4n) is 1.42. The molecule has 1 atom stereocenters. The molecule has 0 radical (unpaired) electrons. The molecule has 0 saturated carbocycles. The highest BCUT2D eigenvalue weighted by molar-refractivity contribution is 5.01. The minimum absolute atomic E-state index is 0.0975. The molecule has 0 aliphatic heterocycles. The second kappa shape index (κ2) is 4.57. The summed E-state index contributed by atoms with van der Waals surface area (Å²) in [7, 11) is 0. The average Bonchev–Trinajstić information content (AvgIpc) is 2.65. The summed E-state index contributed by atoms with van der Waals surface area (Å²) in [5.74, 6) is 0.970. The molecular weight excluding hydrogens is 188 g/mol. The maximum Gasteiger partial charge on any atom is 0.138 e. The van der Waals surface area contributed by atoms with E-state index in [9.17, 15) is 0 Å². The first-order valence-corrected chi connectivity index (χ1v) is 5.24. The van der Waals surface area contributed by atoms with Crippen molar-refractivity contribution in [1.29, 1.82) is 0 Å². The highest BCUT2D eigenvalue weighted by Gasteiger charge is 2.22. The predicted molar refractivity (Wildman–Crippen MR) is 61.5 cm³/mol. The summed E-state index contributed by atoms with van der Waals surface area (Å²) >= 11 is 0. The summed E-state index contributed by atoms with van der Waals surface area (Å²) in [6.45, 7) is 10.7. The molecule has 0 aliphatic carbocycles. The van der Waals surface area contributed by atoms with Crippen LogP contribution >= 0.6 is 0 Å². The van der Waals surface area contributed by atoms with Crippen molar-refractivity contribution in [2.45, 2.75) is 33.2 Å². The SMILES string of the molecule is C=CC(C)(CN)Cc1ncnn1C(C)C. The van der Waals surface area contributed by atoms with Crippen LogP contribution in [0.5, 0.6) is 0 Å². The fourth-order valence-corrected chi connectivity index (χ4v) is 1.42. The molecule has 0 amide bonds. The Kier molecular flexibility index (Phi) is 3.63. The van der Waals surface area contributed by atoms with Gasteiger partial charge in [-0.05, 0) is 13.8 Å². The Morgan fingerprint density at radius 2 is 2.33 bits per heavy atom. The summed E-state index contributed by atoms with van der Waals surface area (Å²) in [5, 5.41) is 4.20. The van der Waals surface area contributed by atoms with Crippen LogP contribution < -0.4 is 5.73 Å². The van der Waals surface area contributed by atoms with E-state index < -0.39 is 0 Å². The van der Waals surface area contributed by atoms with Crippen LogP contribution in [-0.4, -0.2) is 21.3 Å². The lowest BCUT2D eigenvalue weighted by Crippen LogP contribution is -2.29. The molecular formula is C11H20N4. The van der Waals surface area contributed by atoms with Crippen molar-refractivity contribution in [3.05, 3.63) is 24.8 Å². The highest BCUT2D eigenvalue weighted by atomic mass is 15.3. The average molecular weight is 208 g/mol. The normalized spacial score (nSPS) is 15.3. The lowest BCUT2D eigenvalue weighted by atomic mass is 9.87. The molecule has 0 spiro atoms. The van der Waals surface area contributed by atoms with E-state index in [-0.39, 0.29) is 5.41 Å². The monoisotopic (exact) mass is 208 g/mol. The Hall–Kier alpha value is -1.16. The molecule has 4 heteroatoms. The van der Waals surface area contributed by atoms with E-state index in [2.05, 4.69) is 37.4 Å². The number of nitrogens with two attached hydrogens (primary N) is 1. The third kappa shape index (κ3) is 2.65. The molecule has 0 fully saturated rings. The van der Waals surface area contributed by atoms with Gasteiger partial charge in [-0.1, -0.05) is 13.0 Å². The van der Waals surface area contributed by atoms with Crippen LogP contribution in [-0.2, 0) is 6.42 Å². The first-order valence-electron chi connectivity index (χ1n) is 5.24. The first-order chi connectivity index (χ1) is 7.02. The Bertz CT molecular complexity index is 329. The summed E-state index contributed by atoms with van der Waals surface area (Å²) in [4.78, 5) is 4.27. The molecule has 1 aromatic heterocycles. The minimum atomic E-state index is -0.0975. The van der Waals surface area contributed by atoms with E-state index in [4.69, 9.17) is 5.73 Å². The maximum absolute atomic E-state index is 5.73. The van der Waals surface area contributed by atoms with Crippen LogP contribution in [0.4, 0.5) is 0 Å². The van der Waals surface area contributed by atoms with Crippen molar-refractivity contribution in [2.24, 2.45) is 11.1 Å². The third-order valence-corrected chi connectivity index (χ3v) is 2.66. The molecule has 0 aromatic carbocycles. The lowest BCUT2D eigenvalue weighted by molar-refractivity contribution is 0.400. The molecule has 1 unspecified atom stereocenters. The van der Waals surface area contributed by atoms with Crippen LogP contribution in [0.15, 0.2) is 19.0 Å². The van der Waals surface area contributed by atoms with E-state index in [1.54, 1.807) is 6.33 Å². The van der Waals surface area contributed by atoms with Gasteiger partial charge in [0.25, 0.3) is 0 Å². The number of hydrogen-bond donors (Lipinski definition) is 1. The molecule has 84 valence electrons. The predicted octanol–water partition coefficient (Wildman–Crippen LogP) is 1.55. The van der Waals surface area contributed by atoms with Gasteiger partial charge < -0.3 is 5.73 Å². The fraction of sp³-hybridized carbons (Fsp3) is 0.636. The van der Waals surface area contributed by atoms with Crippen molar-refractivity contribution >= 4 is 0 Å². The van der Waals surface area contributed by atoms with E-state index in [0.29, 0.717) is 12.6 Å².